The van der Waals surface area contributed by atoms with Crippen molar-refractivity contribution in [2.45, 2.75) is 71.1 Å². The van der Waals surface area contributed by atoms with Gasteiger partial charge in [0, 0.05) is 6.07 Å². The molecule has 4 rings (SSSR count). The normalized spacial score (nSPS) is 24.7. The van der Waals surface area contributed by atoms with E-state index < -0.39 is 29.0 Å². The number of rotatable bonds is 6. The monoisotopic (exact) mass is 470 g/mol. The molecule has 4 unspecified atom stereocenters. The van der Waals surface area contributed by atoms with Crippen molar-refractivity contribution in [1.29, 1.82) is 0 Å². The van der Waals surface area contributed by atoms with Crippen LogP contribution in [-0.4, -0.2) is 5.97 Å². The van der Waals surface area contributed by atoms with Crippen LogP contribution in [0.3, 0.4) is 0 Å². The van der Waals surface area contributed by atoms with Gasteiger partial charge < -0.3 is 4.74 Å². The molecule has 0 aromatic heterocycles. The lowest BCUT2D eigenvalue weighted by Gasteiger charge is -2.42. The summed E-state index contributed by atoms with van der Waals surface area (Å²) in [5.74, 6) is -1.80. The third-order valence-corrected chi connectivity index (χ3v) is 7.82. The minimum Gasteiger partial charge on any atom is -0.423 e. The van der Waals surface area contributed by atoms with Crippen LogP contribution in [-0.2, 0) is 0 Å². The number of allylic oxidation sites excluding steroid dienone is 2. The van der Waals surface area contributed by atoms with Crippen LogP contribution in [0.1, 0.15) is 85.7 Å². The largest absolute Gasteiger partial charge is 0.423 e. The van der Waals surface area contributed by atoms with Crippen LogP contribution < -0.4 is 4.74 Å². The van der Waals surface area contributed by atoms with E-state index in [9.17, 15) is 13.6 Å². The number of ether oxygens (including phenoxy) is 1. The highest BCUT2D eigenvalue weighted by molar-refractivity contribution is 5.91. The molecule has 2 aliphatic carbocycles. The fraction of sp³-hybridized carbons (Fsp3) is 0.483. The molecule has 0 bridgehead atoms. The molecule has 34 heavy (non-hydrogen) atoms. The number of esters is 1. The highest BCUT2D eigenvalue weighted by atomic mass is 19.2. The summed E-state index contributed by atoms with van der Waals surface area (Å²) in [6.07, 6.45) is 13.1. The van der Waals surface area contributed by atoms with Gasteiger partial charge in [0.05, 0.1) is 5.56 Å². The van der Waals surface area contributed by atoms with Gasteiger partial charge in [-0.05, 0) is 106 Å². The van der Waals surface area contributed by atoms with Crippen LogP contribution in [0.25, 0.3) is 0 Å². The molecular formula is C29H33F3O2. The van der Waals surface area contributed by atoms with E-state index in [1.54, 1.807) is 6.92 Å². The quantitative estimate of drug-likeness (QED) is 0.241. The lowest BCUT2D eigenvalue weighted by atomic mass is 9.63. The summed E-state index contributed by atoms with van der Waals surface area (Å²) in [5, 5.41) is 0. The Morgan fingerprint density at radius 3 is 2.53 bits per heavy atom. The van der Waals surface area contributed by atoms with Gasteiger partial charge >= 0.3 is 5.97 Å². The summed E-state index contributed by atoms with van der Waals surface area (Å²) in [7, 11) is 0. The highest BCUT2D eigenvalue weighted by Gasteiger charge is 2.37. The maximum absolute atomic E-state index is 15.1. The number of carbonyl (C=O) groups excluding carboxylic acids is 1. The van der Waals surface area contributed by atoms with E-state index in [2.05, 4.69) is 19.1 Å². The van der Waals surface area contributed by atoms with Gasteiger partial charge in [-0.2, -0.15) is 0 Å². The second-order valence-corrected chi connectivity index (χ2v) is 9.99. The van der Waals surface area contributed by atoms with Crippen LogP contribution in [0.4, 0.5) is 13.2 Å². The highest BCUT2D eigenvalue weighted by Crippen LogP contribution is 2.49. The summed E-state index contributed by atoms with van der Waals surface area (Å²) < 4.78 is 48.8. The van der Waals surface area contributed by atoms with Crippen molar-refractivity contribution in [2.75, 3.05) is 0 Å². The number of hydrogen-bond donors (Lipinski definition) is 0. The van der Waals surface area contributed by atoms with Crippen LogP contribution in [0.5, 0.6) is 5.75 Å². The van der Waals surface area contributed by atoms with Crippen molar-refractivity contribution in [3.8, 4) is 5.75 Å². The minimum atomic E-state index is -1.19. The Hall–Kier alpha value is -2.56. The number of hydrogen-bond acceptors (Lipinski definition) is 2. The molecule has 5 heteroatoms. The van der Waals surface area contributed by atoms with Crippen LogP contribution in [0.15, 0.2) is 42.5 Å². The molecule has 0 amide bonds. The van der Waals surface area contributed by atoms with Gasteiger partial charge in [0.15, 0.2) is 11.6 Å². The van der Waals surface area contributed by atoms with Gasteiger partial charge in [-0.25, -0.2) is 18.0 Å². The molecule has 2 aromatic carbocycles. The molecule has 2 saturated carbocycles. The lowest BCUT2D eigenvalue weighted by Crippen LogP contribution is -2.30. The first kappa shape index (κ1) is 24.6. The summed E-state index contributed by atoms with van der Waals surface area (Å²) in [5.41, 5.74) is 0.278. The van der Waals surface area contributed by atoms with E-state index in [-0.39, 0.29) is 11.7 Å². The van der Waals surface area contributed by atoms with Gasteiger partial charge in [-0.15, -0.1) is 0 Å². The number of benzene rings is 2. The predicted molar refractivity (Wildman–Crippen MR) is 127 cm³/mol. The van der Waals surface area contributed by atoms with Crippen molar-refractivity contribution >= 4 is 5.97 Å². The smallest absolute Gasteiger partial charge is 0.346 e. The van der Waals surface area contributed by atoms with Gasteiger partial charge in [-0.1, -0.05) is 30.7 Å². The zero-order valence-corrected chi connectivity index (χ0v) is 20.0. The molecule has 2 aromatic rings. The van der Waals surface area contributed by atoms with Crippen molar-refractivity contribution in [2.24, 2.45) is 17.8 Å². The molecule has 0 aliphatic heterocycles. The molecule has 0 heterocycles. The molecule has 0 radical (unpaired) electrons. The van der Waals surface area contributed by atoms with Crippen molar-refractivity contribution in [3.63, 3.8) is 0 Å². The fourth-order valence-electron chi connectivity index (χ4n) is 5.87. The molecule has 0 spiro atoms. The Kier molecular flexibility index (Phi) is 7.80. The van der Waals surface area contributed by atoms with Crippen molar-refractivity contribution < 1.29 is 22.7 Å². The number of fused-ring (bicyclic) bond motifs is 1. The third kappa shape index (κ3) is 5.39. The van der Waals surface area contributed by atoms with Crippen LogP contribution >= 0.6 is 0 Å². The first-order chi connectivity index (χ1) is 16.4. The van der Waals surface area contributed by atoms with Gasteiger partial charge in [0.25, 0.3) is 0 Å². The number of halogens is 3. The van der Waals surface area contributed by atoms with Crippen LogP contribution in [0, 0.1) is 42.1 Å². The van der Waals surface area contributed by atoms with E-state index in [1.165, 1.54) is 43.5 Å². The van der Waals surface area contributed by atoms with Crippen molar-refractivity contribution in [3.05, 3.63) is 76.6 Å². The summed E-state index contributed by atoms with van der Waals surface area (Å²) in [6, 6.07) is 6.77. The van der Waals surface area contributed by atoms with Gasteiger partial charge in [-0.3, -0.25) is 0 Å². The van der Waals surface area contributed by atoms with Crippen LogP contribution in [0.2, 0.25) is 0 Å². The molecule has 2 aliphatic rings. The average Bonchev–Trinajstić information content (AvgIpc) is 2.83. The zero-order valence-electron chi connectivity index (χ0n) is 20.0. The lowest BCUT2D eigenvalue weighted by molar-refractivity contribution is 0.0728. The molecule has 2 fully saturated rings. The third-order valence-electron chi connectivity index (χ3n) is 7.82. The Morgan fingerprint density at radius 2 is 1.76 bits per heavy atom. The zero-order chi connectivity index (χ0) is 24.2. The molecule has 2 nitrogen and oxygen atoms in total. The van der Waals surface area contributed by atoms with E-state index >= 15 is 4.39 Å². The maximum atomic E-state index is 15.1. The summed E-state index contributed by atoms with van der Waals surface area (Å²) in [4.78, 5) is 12.4. The second-order valence-electron chi connectivity index (χ2n) is 9.99. The summed E-state index contributed by atoms with van der Waals surface area (Å²) in [6.45, 7) is 3.64. The molecule has 182 valence electrons. The molecular weight excluding hydrogens is 437 g/mol. The van der Waals surface area contributed by atoms with E-state index in [4.69, 9.17) is 4.74 Å². The maximum Gasteiger partial charge on any atom is 0.346 e. The standard InChI is InChI=1S/C29H33F3O2/c1-3-4-5-6-19-8-9-21-16-22(11-10-20(21)15-19)24-13-14-25(28(32)27(24)31)29(33)34-23-12-7-18(2)26(30)17-23/h3-4,7,12-14,17,19-22H,5-6,8-11,15-16H2,1-2H3/b4-3+. The minimum absolute atomic E-state index is 0.0356. The average molecular weight is 471 g/mol. The molecule has 4 atom stereocenters. The Labute approximate surface area is 200 Å². The topological polar surface area (TPSA) is 26.3 Å². The first-order valence-corrected chi connectivity index (χ1v) is 12.4. The summed E-state index contributed by atoms with van der Waals surface area (Å²) >= 11 is 0. The predicted octanol–water partition coefficient (Wildman–Crippen LogP) is 8.29. The Morgan fingerprint density at radius 1 is 1.00 bits per heavy atom. The van der Waals surface area contributed by atoms with E-state index in [0.29, 0.717) is 23.0 Å². The molecule has 0 N–H and O–H groups in total. The van der Waals surface area contributed by atoms with Gasteiger partial charge in [0.1, 0.15) is 11.6 Å². The molecule has 0 saturated heterocycles. The first-order valence-electron chi connectivity index (χ1n) is 12.4. The Bertz CT molecular complexity index is 1060. The fourth-order valence-corrected chi connectivity index (χ4v) is 5.87. The number of aryl methyl sites for hydroxylation is 1. The van der Waals surface area contributed by atoms with Crippen molar-refractivity contribution in [1.82, 2.24) is 0 Å². The second kappa shape index (κ2) is 10.8. The Balaban J connectivity index is 1.41. The van der Waals surface area contributed by atoms with Gasteiger partial charge in [0.2, 0.25) is 0 Å². The SMILES string of the molecule is C/C=C/CCC1CCC2CC(c3ccc(C(=O)Oc4ccc(C)c(F)c4)c(F)c3F)CCC2C1. The van der Waals surface area contributed by atoms with E-state index in [1.807, 2.05) is 0 Å². The van der Waals surface area contributed by atoms with E-state index in [0.717, 1.165) is 44.1 Å². The number of carbonyl (C=O) groups is 1.